The summed E-state index contributed by atoms with van der Waals surface area (Å²) in [4.78, 5) is 16.7. The second-order valence-electron chi connectivity index (χ2n) is 5.08. The van der Waals surface area contributed by atoms with Crippen molar-refractivity contribution in [3.05, 3.63) is 51.6 Å². The Balaban J connectivity index is 1.90. The minimum atomic E-state index is -4.51. The SMILES string of the molecule is CSc1ccc(Cl)c(C(=O)NCCNc2ncc(C(F)(F)F)cc2Cl)c1. The highest BCUT2D eigenvalue weighted by Crippen LogP contribution is 2.32. The molecule has 1 amide bonds. The summed E-state index contributed by atoms with van der Waals surface area (Å²) < 4.78 is 37.7. The maximum atomic E-state index is 12.6. The summed E-state index contributed by atoms with van der Waals surface area (Å²) in [5, 5.41) is 5.63. The van der Waals surface area contributed by atoms with E-state index in [1.54, 1.807) is 12.1 Å². The van der Waals surface area contributed by atoms with Crippen LogP contribution in [-0.2, 0) is 6.18 Å². The maximum absolute atomic E-state index is 12.6. The van der Waals surface area contributed by atoms with Gasteiger partial charge in [0.15, 0.2) is 0 Å². The molecule has 0 atom stereocenters. The van der Waals surface area contributed by atoms with Crippen molar-refractivity contribution in [2.45, 2.75) is 11.1 Å². The summed E-state index contributed by atoms with van der Waals surface area (Å²) in [5.74, 6) is -0.240. The van der Waals surface area contributed by atoms with Crippen molar-refractivity contribution in [2.24, 2.45) is 0 Å². The Bertz CT molecular complexity index is 803. The predicted molar refractivity (Wildman–Crippen MR) is 98.3 cm³/mol. The molecule has 0 aliphatic heterocycles. The van der Waals surface area contributed by atoms with Gasteiger partial charge in [-0.1, -0.05) is 23.2 Å². The Kier molecular flexibility index (Phi) is 7.02. The van der Waals surface area contributed by atoms with E-state index in [4.69, 9.17) is 23.2 Å². The van der Waals surface area contributed by atoms with Gasteiger partial charge < -0.3 is 10.6 Å². The molecular weight excluding hydrogens is 410 g/mol. The van der Waals surface area contributed by atoms with Gasteiger partial charge >= 0.3 is 6.18 Å². The number of carbonyl (C=O) groups excluding carboxylic acids is 1. The molecule has 2 aromatic rings. The standard InChI is InChI=1S/C16H14Cl2F3N3OS/c1-26-10-2-3-12(17)11(7-10)15(25)23-5-4-22-14-13(18)6-9(8-24-14)16(19,20)21/h2-3,6-8H,4-5H2,1H3,(H,22,24)(H,23,25). The highest BCUT2D eigenvalue weighted by Gasteiger charge is 2.31. The minimum absolute atomic E-state index is 0.108. The summed E-state index contributed by atoms with van der Waals surface area (Å²) >= 11 is 13.3. The molecule has 0 bridgehead atoms. The maximum Gasteiger partial charge on any atom is 0.417 e. The molecule has 2 N–H and O–H groups in total. The number of nitrogens with one attached hydrogen (secondary N) is 2. The molecule has 0 aliphatic rings. The van der Waals surface area contributed by atoms with Crippen LogP contribution in [0.3, 0.4) is 0 Å². The van der Waals surface area contributed by atoms with Crippen molar-refractivity contribution in [3.8, 4) is 0 Å². The van der Waals surface area contributed by atoms with Crippen molar-refractivity contribution < 1.29 is 18.0 Å². The summed E-state index contributed by atoms with van der Waals surface area (Å²) in [5.41, 5.74) is -0.575. The van der Waals surface area contributed by atoms with Gasteiger partial charge in [0, 0.05) is 24.2 Å². The van der Waals surface area contributed by atoms with Crippen LogP contribution >= 0.6 is 35.0 Å². The topological polar surface area (TPSA) is 54.0 Å². The third-order valence-electron chi connectivity index (χ3n) is 3.29. The van der Waals surface area contributed by atoms with Crippen LogP contribution in [0.1, 0.15) is 15.9 Å². The van der Waals surface area contributed by atoms with Gasteiger partial charge in [0.25, 0.3) is 5.91 Å². The molecular formula is C16H14Cl2F3N3OS. The molecule has 0 unspecified atom stereocenters. The Hall–Kier alpha value is -1.64. The first-order chi connectivity index (χ1) is 12.2. The summed E-state index contributed by atoms with van der Waals surface area (Å²) in [6, 6.07) is 5.93. The van der Waals surface area contributed by atoms with Crippen molar-refractivity contribution in [2.75, 3.05) is 24.7 Å². The van der Waals surface area contributed by atoms with Gasteiger partial charge in [0.1, 0.15) is 5.82 Å². The number of nitrogens with zero attached hydrogens (tertiary/aromatic N) is 1. The number of alkyl halides is 3. The van der Waals surface area contributed by atoms with E-state index in [2.05, 4.69) is 15.6 Å². The Morgan fingerprint density at radius 2 is 1.92 bits per heavy atom. The molecule has 0 saturated carbocycles. The lowest BCUT2D eigenvalue weighted by Gasteiger charge is -2.12. The first kappa shape index (κ1) is 20.7. The Morgan fingerprint density at radius 3 is 2.54 bits per heavy atom. The third-order valence-corrected chi connectivity index (χ3v) is 4.63. The molecule has 10 heteroatoms. The molecule has 1 aromatic carbocycles. The zero-order chi connectivity index (χ0) is 19.3. The second kappa shape index (κ2) is 8.83. The molecule has 2 rings (SSSR count). The molecule has 1 aromatic heterocycles. The number of hydrogen-bond donors (Lipinski definition) is 2. The molecule has 0 saturated heterocycles. The van der Waals surface area contributed by atoms with Crippen LogP contribution in [-0.4, -0.2) is 30.2 Å². The van der Waals surface area contributed by atoms with Gasteiger partial charge in [-0.25, -0.2) is 4.98 Å². The molecule has 4 nitrogen and oxygen atoms in total. The normalized spacial score (nSPS) is 11.3. The van der Waals surface area contributed by atoms with E-state index >= 15 is 0 Å². The van der Waals surface area contributed by atoms with Crippen LogP contribution in [0.4, 0.5) is 19.0 Å². The van der Waals surface area contributed by atoms with Crippen LogP contribution in [0.15, 0.2) is 35.4 Å². The molecule has 0 spiro atoms. The lowest BCUT2D eigenvalue weighted by atomic mass is 10.2. The summed E-state index contributed by atoms with van der Waals surface area (Å²) in [6.07, 6.45) is -1.93. The van der Waals surface area contributed by atoms with E-state index in [1.165, 1.54) is 11.8 Å². The average molecular weight is 424 g/mol. The van der Waals surface area contributed by atoms with Crippen molar-refractivity contribution in [3.63, 3.8) is 0 Å². The minimum Gasteiger partial charge on any atom is -0.367 e. The number of carbonyl (C=O) groups is 1. The zero-order valence-electron chi connectivity index (χ0n) is 13.5. The molecule has 1 heterocycles. The largest absolute Gasteiger partial charge is 0.417 e. The fraction of sp³-hybridized carbons (Fsp3) is 0.250. The van der Waals surface area contributed by atoms with Gasteiger partial charge in [-0.05, 0) is 30.5 Å². The molecule has 0 fully saturated rings. The lowest BCUT2D eigenvalue weighted by molar-refractivity contribution is -0.137. The number of aromatic nitrogens is 1. The fourth-order valence-corrected chi connectivity index (χ4v) is 2.86. The molecule has 26 heavy (non-hydrogen) atoms. The van der Waals surface area contributed by atoms with E-state index in [1.807, 2.05) is 12.3 Å². The number of pyridine rings is 1. The van der Waals surface area contributed by atoms with Crippen molar-refractivity contribution in [1.82, 2.24) is 10.3 Å². The first-order valence-corrected chi connectivity index (χ1v) is 9.29. The van der Waals surface area contributed by atoms with Crippen LogP contribution in [0.2, 0.25) is 10.0 Å². The first-order valence-electron chi connectivity index (χ1n) is 7.30. The Labute approximate surface area is 162 Å². The summed E-state index contributed by atoms with van der Waals surface area (Å²) in [6.45, 7) is 0.432. The number of halogens is 5. The smallest absolute Gasteiger partial charge is 0.367 e. The number of benzene rings is 1. The van der Waals surface area contributed by atoms with E-state index in [9.17, 15) is 18.0 Å². The van der Waals surface area contributed by atoms with Crippen LogP contribution < -0.4 is 10.6 Å². The van der Waals surface area contributed by atoms with E-state index in [0.717, 1.165) is 11.0 Å². The highest BCUT2D eigenvalue weighted by molar-refractivity contribution is 7.98. The number of anilines is 1. The monoisotopic (exact) mass is 423 g/mol. The van der Waals surface area contributed by atoms with Gasteiger partial charge in [0.2, 0.25) is 0 Å². The van der Waals surface area contributed by atoms with Gasteiger partial charge in [-0.2, -0.15) is 13.2 Å². The van der Waals surface area contributed by atoms with Gasteiger partial charge in [-0.15, -0.1) is 11.8 Å². The van der Waals surface area contributed by atoms with Crippen LogP contribution in [0, 0.1) is 0 Å². The lowest BCUT2D eigenvalue weighted by Crippen LogP contribution is -2.29. The van der Waals surface area contributed by atoms with E-state index in [0.29, 0.717) is 16.8 Å². The number of thioether (sulfide) groups is 1. The number of hydrogen-bond acceptors (Lipinski definition) is 4. The highest BCUT2D eigenvalue weighted by atomic mass is 35.5. The van der Waals surface area contributed by atoms with Crippen molar-refractivity contribution >= 4 is 46.7 Å². The van der Waals surface area contributed by atoms with Crippen molar-refractivity contribution in [1.29, 1.82) is 0 Å². The number of rotatable bonds is 6. The van der Waals surface area contributed by atoms with Gasteiger partial charge in [0.05, 0.1) is 21.2 Å². The van der Waals surface area contributed by atoms with E-state index < -0.39 is 11.7 Å². The van der Waals surface area contributed by atoms with Crippen LogP contribution in [0.5, 0.6) is 0 Å². The summed E-state index contributed by atoms with van der Waals surface area (Å²) in [7, 11) is 0. The number of amides is 1. The van der Waals surface area contributed by atoms with E-state index in [-0.39, 0.29) is 29.8 Å². The average Bonchev–Trinajstić information content (AvgIpc) is 2.59. The molecule has 0 aliphatic carbocycles. The Morgan fingerprint density at radius 1 is 1.19 bits per heavy atom. The fourth-order valence-electron chi connectivity index (χ4n) is 1.98. The zero-order valence-corrected chi connectivity index (χ0v) is 15.8. The predicted octanol–water partition coefficient (Wildman–Crippen LogP) is 4.97. The molecule has 140 valence electrons. The third kappa shape index (κ3) is 5.43. The van der Waals surface area contributed by atoms with Gasteiger partial charge in [-0.3, -0.25) is 4.79 Å². The second-order valence-corrected chi connectivity index (χ2v) is 6.77. The molecule has 0 radical (unpaired) electrons. The quantitative estimate of drug-likeness (QED) is 0.508. The van der Waals surface area contributed by atoms with Crippen LogP contribution in [0.25, 0.3) is 0 Å².